The van der Waals surface area contributed by atoms with Gasteiger partial charge in [0.05, 0.1) is 28.6 Å². The fourth-order valence-corrected chi connectivity index (χ4v) is 4.25. The molecule has 3 aromatic carbocycles. The lowest BCUT2D eigenvalue weighted by Crippen LogP contribution is -2.49. The fraction of sp³-hybridized carbons (Fsp3) is 0.250. The lowest BCUT2D eigenvalue weighted by molar-refractivity contribution is -0.118. The molecule has 4 rings (SSSR count). The molecule has 0 unspecified atom stereocenters. The summed E-state index contributed by atoms with van der Waals surface area (Å²) in [4.78, 5) is 41.8. The number of benzene rings is 3. The maximum Gasteiger partial charge on any atom is 0.338 e. The first kappa shape index (κ1) is 26.0. The van der Waals surface area contributed by atoms with E-state index in [1.165, 1.54) is 0 Å². The number of carbonyl (C=O) groups excluding carboxylic acids is 3. The Bertz CT molecular complexity index is 1260. The summed E-state index contributed by atoms with van der Waals surface area (Å²) in [6.07, 6.45) is 0. The van der Waals surface area contributed by atoms with Crippen LogP contribution < -0.4 is 15.0 Å². The summed E-state index contributed by atoms with van der Waals surface area (Å²) in [7, 11) is 0. The Morgan fingerprint density at radius 1 is 0.892 bits per heavy atom. The van der Waals surface area contributed by atoms with E-state index >= 15 is 0 Å². The SMILES string of the molecule is CCOC(=O)c1ccc(N2CCN(C(=O)c3ccccc3)CC2)c(NC(=O)COc2ccccc2Cl)c1. The lowest BCUT2D eigenvalue weighted by Gasteiger charge is -2.37. The Labute approximate surface area is 220 Å². The number of nitrogens with zero attached hydrogens (tertiary/aromatic N) is 2. The number of amides is 2. The van der Waals surface area contributed by atoms with E-state index in [0.717, 1.165) is 5.69 Å². The van der Waals surface area contributed by atoms with Crippen LogP contribution in [0.1, 0.15) is 27.6 Å². The van der Waals surface area contributed by atoms with Gasteiger partial charge >= 0.3 is 5.97 Å². The van der Waals surface area contributed by atoms with E-state index in [4.69, 9.17) is 21.1 Å². The summed E-state index contributed by atoms with van der Waals surface area (Å²) in [6.45, 7) is 3.90. The van der Waals surface area contributed by atoms with Crippen LogP contribution in [-0.4, -0.2) is 62.1 Å². The highest BCUT2D eigenvalue weighted by atomic mass is 35.5. The number of rotatable bonds is 8. The van der Waals surface area contributed by atoms with Crippen molar-refractivity contribution in [2.24, 2.45) is 0 Å². The van der Waals surface area contributed by atoms with Gasteiger partial charge in [0.2, 0.25) is 0 Å². The van der Waals surface area contributed by atoms with Gasteiger partial charge in [0.1, 0.15) is 5.75 Å². The number of nitrogens with one attached hydrogen (secondary N) is 1. The third-order valence-corrected chi connectivity index (χ3v) is 6.22. The predicted octanol–water partition coefficient (Wildman–Crippen LogP) is 4.50. The van der Waals surface area contributed by atoms with Crippen LogP contribution in [0.3, 0.4) is 0 Å². The summed E-state index contributed by atoms with van der Waals surface area (Å²) in [5.41, 5.74) is 2.18. The van der Waals surface area contributed by atoms with Crippen molar-refractivity contribution in [2.75, 3.05) is 49.6 Å². The van der Waals surface area contributed by atoms with Gasteiger partial charge in [-0.25, -0.2) is 4.79 Å². The number of para-hydroxylation sites is 1. The Morgan fingerprint density at radius 2 is 1.59 bits per heavy atom. The summed E-state index contributed by atoms with van der Waals surface area (Å²) in [5.74, 6) is -0.489. The largest absolute Gasteiger partial charge is 0.482 e. The molecule has 8 nitrogen and oxygen atoms in total. The molecule has 37 heavy (non-hydrogen) atoms. The molecule has 1 heterocycles. The molecule has 9 heteroatoms. The molecule has 0 aromatic heterocycles. The van der Waals surface area contributed by atoms with E-state index in [-0.39, 0.29) is 19.1 Å². The summed E-state index contributed by atoms with van der Waals surface area (Å²) >= 11 is 6.11. The molecule has 1 fully saturated rings. The number of anilines is 2. The number of hydrogen-bond acceptors (Lipinski definition) is 6. The topological polar surface area (TPSA) is 88.2 Å². The van der Waals surface area contributed by atoms with E-state index in [1.807, 2.05) is 23.1 Å². The molecule has 192 valence electrons. The van der Waals surface area contributed by atoms with Crippen molar-refractivity contribution in [2.45, 2.75) is 6.92 Å². The van der Waals surface area contributed by atoms with Crippen molar-refractivity contribution in [1.29, 1.82) is 0 Å². The van der Waals surface area contributed by atoms with E-state index in [1.54, 1.807) is 61.5 Å². The van der Waals surface area contributed by atoms with Crippen LogP contribution in [0.25, 0.3) is 0 Å². The normalized spacial score (nSPS) is 13.1. The Hall–Kier alpha value is -4.04. The second-order valence-electron chi connectivity index (χ2n) is 8.36. The first-order valence-corrected chi connectivity index (χ1v) is 12.4. The van der Waals surface area contributed by atoms with E-state index in [2.05, 4.69) is 10.2 Å². The van der Waals surface area contributed by atoms with Crippen LogP contribution in [0.5, 0.6) is 5.75 Å². The van der Waals surface area contributed by atoms with Gasteiger partial charge in [0.15, 0.2) is 6.61 Å². The molecule has 1 aliphatic rings. The second-order valence-corrected chi connectivity index (χ2v) is 8.77. The Kier molecular flexibility index (Phi) is 8.64. The molecule has 1 saturated heterocycles. The van der Waals surface area contributed by atoms with Gasteiger partial charge in [-0.1, -0.05) is 41.9 Å². The predicted molar refractivity (Wildman–Crippen MR) is 143 cm³/mol. The maximum atomic E-state index is 12.8. The van der Waals surface area contributed by atoms with Gasteiger partial charge in [0, 0.05) is 31.7 Å². The van der Waals surface area contributed by atoms with Crippen molar-refractivity contribution in [3.05, 3.63) is 88.9 Å². The van der Waals surface area contributed by atoms with Crippen molar-refractivity contribution in [3.63, 3.8) is 0 Å². The average Bonchev–Trinajstić information content (AvgIpc) is 2.93. The monoisotopic (exact) mass is 521 g/mol. The molecule has 0 bridgehead atoms. The number of hydrogen-bond donors (Lipinski definition) is 1. The highest BCUT2D eigenvalue weighted by Crippen LogP contribution is 2.29. The summed E-state index contributed by atoms with van der Waals surface area (Å²) in [6, 6.07) is 21.1. The van der Waals surface area contributed by atoms with Crippen molar-refractivity contribution in [3.8, 4) is 5.75 Å². The van der Waals surface area contributed by atoms with Crippen LogP contribution in [-0.2, 0) is 9.53 Å². The molecule has 0 atom stereocenters. The number of esters is 1. The van der Waals surface area contributed by atoms with Gasteiger partial charge in [-0.2, -0.15) is 0 Å². The number of ether oxygens (including phenoxy) is 2. The third kappa shape index (κ3) is 6.59. The first-order valence-electron chi connectivity index (χ1n) is 12.0. The zero-order valence-electron chi connectivity index (χ0n) is 20.5. The van der Waals surface area contributed by atoms with E-state index in [0.29, 0.717) is 53.8 Å². The molecule has 2 amide bonds. The molecule has 0 saturated carbocycles. The quantitative estimate of drug-likeness (QED) is 0.439. The third-order valence-electron chi connectivity index (χ3n) is 5.91. The fourth-order valence-electron chi connectivity index (χ4n) is 4.06. The number of piperazine rings is 1. The smallest absolute Gasteiger partial charge is 0.338 e. The Morgan fingerprint density at radius 3 is 2.30 bits per heavy atom. The highest BCUT2D eigenvalue weighted by Gasteiger charge is 2.24. The minimum atomic E-state index is -0.477. The van der Waals surface area contributed by atoms with Crippen LogP contribution in [0.15, 0.2) is 72.8 Å². The van der Waals surface area contributed by atoms with Crippen molar-refractivity contribution >= 4 is 40.8 Å². The van der Waals surface area contributed by atoms with Crippen LogP contribution in [0.2, 0.25) is 5.02 Å². The minimum Gasteiger partial charge on any atom is -0.482 e. The van der Waals surface area contributed by atoms with Crippen LogP contribution in [0.4, 0.5) is 11.4 Å². The first-order chi connectivity index (χ1) is 18.0. The van der Waals surface area contributed by atoms with Crippen LogP contribution >= 0.6 is 11.6 Å². The standard InChI is InChI=1S/C28H28ClN3O5/c1-2-36-28(35)21-12-13-24(23(18-21)30-26(33)19-37-25-11-7-6-10-22(25)29)31-14-16-32(17-15-31)27(34)20-8-4-3-5-9-20/h3-13,18H,2,14-17,19H2,1H3,(H,30,33). The molecule has 0 spiro atoms. The summed E-state index contributed by atoms with van der Waals surface area (Å²) in [5, 5.41) is 3.26. The molecule has 1 N–H and O–H groups in total. The molecule has 0 aliphatic carbocycles. The van der Waals surface area contributed by atoms with Gasteiger partial charge in [-0.15, -0.1) is 0 Å². The van der Waals surface area contributed by atoms with Crippen LogP contribution in [0, 0.1) is 0 Å². The van der Waals surface area contributed by atoms with Gasteiger partial charge in [0.25, 0.3) is 11.8 Å². The highest BCUT2D eigenvalue weighted by molar-refractivity contribution is 6.32. The molecular weight excluding hydrogens is 494 g/mol. The lowest BCUT2D eigenvalue weighted by atomic mass is 10.1. The van der Waals surface area contributed by atoms with Gasteiger partial charge < -0.3 is 24.6 Å². The van der Waals surface area contributed by atoms with Gasteiger partial charge in [-0.05, 0) is 49.4 Å². The molecule has 3 aromatic rings. The summed E-state index contributed by atoms with van der Waals surface area (Å²) < 4.78 is 10.7. The number of carbonyl (C=O) groups is 3. The minimum absolute atomic E-state index is 0.0110. The maximum absolute atomic E-state index is 12.8. The van der Waals surface area contributed by atoms with Crippen molar-refractivity contribution < 1.29 is 23.9 Å². The molecule has 0 radical (unpaired) electrons. The zero-order chi connectivity index (χ0) is 26.2. The average molecular weight is 522 g/mol. The second kappa shape index (κ2) is 12.3. The van der Waals surface area contributed by atoms with Crippen molar-refractivity contribution in [1.82, 2.24) is 4.90 Å². The number of halogens is 1. The van der Waals surface area contributed by atoms with E-state index in [9.17, 15) is 14.4 Å². The zero-order valence-corrected chi connectivity index (χ0v) is 21.2. The molecule has 1 aliphatic heterocycles. The molecular formula is C28H28ClN3O5. The van der Waals surface area contributed by atoms with E-state index < -0.39 is 11.9 Å². The van der Waals surface area contributed by atoms with Gasteiger partial charge in [-0.3, -0.25) is 9.59 Å². The Balaban J connectivity index is 1.47.